The molecule has 2 rings (SSSR count). The third-order valence-electron chi connectivity index (χ3n) is 1.96. The average Bonchev–Trinajstić information content (AvgIpc) is 2.33. The molecule has 0 fully saturated rings. The van der Waals surface area contributed by atoms with Crippen molar-refractivity contribution in [2.75, 3.05) is 5.32 Å². The Kier molecular flexibility index (Phi) is 4.06. The fourth-order valence-electron chi connectivity index (χ4n) is 1.20. The SMILES string of the molecule is O=C(Nc1ncccn1)c1cc(Br)ccc1I. The Morgan fingerprint density at radius 1 is 1.29 bits per heavy atom. The molecule has 0 radical (unpaired) electrons. The van der Waals surface area contributed by atoms with Crippen molar-refractivity contribution >= 4 is 50.4 Å². The van der Waals surface area contributed by atoms with E-state index in [1.165, 1.54) is 0 Å². The molecule has 0 aliphatic rings. The molecule has 6 heteroatoms. The largest absolute Gasteiger partial charge is 0.290 e. The molecule has 1 heterocycles. The minimum atomic E-state index is -0.220. The molecule has 17 heavy (non-hydrogen) atoms. The van der Waals surface area contributed by atoms with Crippen LogP contribution in [0.25, 0.3) is 0 Å². The Morgan fingerprint density at radius 2 is 2.00 bits per heavy atom. The molecule has 4 nitrogen and oxygen atoms in total. The molecule has 1 aromatic heterocycles. The van der Waals surface area contributed by atoms with Gasteiger partial charge in [0.1, 0.15) is 0 Å². The summed E-state index contributed by atoms with van der Waals surface area (Å²) in [5.41, 5.74) is 0.590. The van der Waals surface area contributed by atoms with Gasteiger partial charge in [-0.25, -0.2) is 9.97 Å². The monoisotopic (exact) mass is 403 g/mol. The van der Waals surface area contributed by atoms with E-state index in [0.717, 1.165) is 8.04 Å². The molecule has 0 bridgehead atoms. The van der Waals surface area contributed by atoms with Gasteiger partial charge in [0, 0.05) is 20.4 Å². The highest BCUT2D eigenvalue weighted by molar-refractivity contribution is 14.1. The van der Waals surface area contributed by atoms with E-state index in [1.807, 2.05) is 12.1 Å². The fraction of sp³-hybridized carbons (Fsp3) is 0. The summed E-state index contributed by atoms with van der Waals surface area (Å²) in [5.74, 6) is 0.0789. The summed E-state index contributed by atoms with van der Waals surface area (Å²) in [6.07, 6.45) is 3.16. The van der Waals surface area contributed by atoms with Crippen molar-refractivity contribution in [1.29, 1.82) is 0 Å². The normalized spacial score (nSPS) is 10.0. The van der Waals surface area contributed by atoms with E-state index < -0.39 is 0 Å². The van der Waals surface area contributed by atoms with E-state index in [9.17, 15) is 4.79 Å². The highest BCUT2D eigenvalue weighted by Crippen LogP contribution is 2.19. The lowest BCUT2D eigenvalue weighted by Crippen LogP contribution is -2.15. The summed E-state index contributed by atoms with van der Waals surface area (Å²) < 4.78 is 1.73. The van der Waals surface area contributed by atoms with Crippen LogP contribution in [0, 0.1) is 3.57 Å². The van der Waals surface area contributed by atoms with Crippen LogP contribution in [0.1, 0.15) is 10.4 Å². The van der Waals surface area contributed by atoms with Crippen LogP contribution < -0.4 is 5.32 Å². The van der Waals surface area contributed by atoms with Crippen LogP contribution in [0.2, 0.25) is 0 Å². The molecule has 0 spiro atoms. The molecule has 0 saturated carbocycles. The summed E-state index contributed by atoms with van der Waals surface area (Å²) in [5, 5.41) is 2.64. The molecule has 0 unspecified atom stereocenters. The molecule has 2 aromatic rings. The second-order valence-electron chi connectivity index (χ2n) is 3.15. The smallest absolute Gasteiger partial charge is 0.259 e. The van der Waals surface area contributed by atoms with E-state index in [2.05, 4.69) is 53.8 Å². The van der Waals surface area contributed by atoms with Crippen LogP contribution >= 0.6 is 38.5 Å². The molecule has 0 aliphatic heterocycles. The van der Waals surface area contributed by atoms with E-state index in [4.69, 9.17) is 0 Å². The molecule has 1 N–H and O–H groups in total. The standard InChI is InChI=1S/C11H7BrIN3O/c12-7-2-3-9(13)8(6-7)10(17)16-11-14-4-1-5-15-11/h1-6H,(H,14,15,16,17). The lowest BCUT2D eigenvalue weighted by Gasteiger charge is -2.05. The summed E-state index contributed by atoms with van der Waals surface area (Å²) in [6.45, 7) is 0. The minimum Gasteiger partial charge on any atom is -0.290 e. The first kappa shape index (κ1) is 12.4. The molecule has 1 aromatic carbocycles. The van der Waals surface area contributed by atoms with Gasteiger partial charge in [-0.3, -0.25) is 10.1 Å². The van der Waals surface area contributed by atoms with Crippen molar-refractivity contribution in [2.24, 2.45) is 0 Å². The summed E-state index contributed by atoms with van der Waals surface area (Å²) >= 11 is 5.45. The van der Waals surface area contributed by atoms with Crippen LogP contribution in [0.5, 0.6) is 0 Å². The van der Waals surface area contributed by atoms with Crippen molar-refractivity contribution in [2.45, 2.75) is 0 Å². The maximum absolute atomic E-state index is 12.0. The number of nitrogens with zero attached hydrogens (tertiary/aromatic N) is 2. The lowest BCUT2D eigenvalue weighted by atomic mass is 10.2. The third-order valence-corrected chi connectivity index (χ3v) is 3.40. The number of carbonyl (C=O) groups excluding carboxylic acids is 1. The fourth-order valence-corrected chi connectivity index (χ4v) is 2.15. The van der Waals surface area contributed by atoms with Crippen molar-refractivity contribution in [3.8, 4) is 0 Å². The second kappa shape index (κ2) is 5.54. The maximum atomic E-state index is 12.0. The van der Waals surface area contributed by atoms with Gasteiger partial charge in [0.25, 0.3) is 5.91 Å². The van der Waals surface area contributed by atoms with Crippen LogP contribution in [-0.2, 0) is 0 Å². The van der Waals surface area contributed by atoms with E-state index in [1.54, 1.807) is 24.5 Å². The Labute approximate surface area is 120 Å². The Bertz CT molecular complexity index is 548. The summed E-state index contributed by atoms with van der Waals surface area (Å²) in [7, 11) is 0. The summed E-state index contributed by atoms with van der Waals surface area (Å²) in [4.78, 5) is 19.8. The van der Waals surface area contributed by atoms with Gasteiger partial charge in [-0.15, -0.1) is 0 Å². The van der Waals surface area contributed by atoms with Crippen LogP contribution in [0.4, 0.5) is 5.95 Å². The topological polar surface area (TPSA) is 54.9 Å². The van der Waals surface area contributed by atoms with Crippen LogP contribution in [-0.4, -0.2) is 15.9 Å². The lowest BCUT2D eigenvalue weighted by molar-refractivity contribution is 0.102. The second-order valence-corrected chi connectivity index (χ2v) is 5.23. The number of rotatable bonds is 2. The molecule has 0 aliphatic carbocycles. The Hall–Kier alpha value is -1.02. The average molecular weight is 404 g/mol. The molecule has 86 valence electrons. The molecule has 1 amide bonds. The third kappa shape index (κ3) is 3.22. The first-order chi connectivity index (χ1) is 8.16. The number of anilines is 1. The van der Waals surface area contributed by atoms with Gasteiger partial charge in [-0.2, -0.15) is 0 Å². The molecule has 0 saturated heterocycles. The molecular formula is C11H7BrIN3O. The van der Waals surface area contributed by atoms with Crippen molar-refractivity contribution in [3.63, 3.8) is 0 Å². The molecule has 0 atom stereocenters. The van der Waals surface area contributed by atoms with Crippen LogP contribution in [0.3, 0.4) is 0 Å². The quantitative estimate of drug-likeness (QED) is 0.784. The van der Waals surface area contributed by atoms with Gasteiger partial charge < -0.3 is 0 Å². The minimum absolute atomic E-state index is 0.220. The highest BCUT2D eigenvalue weighted by atomic mass is 127. The zero-order valence-electron chi connectivity index (χ0n) is 8.52. The van der Waals surface area contributed by atoms with Gasteiger partial charge in [0.05, 0.1) is 5.56 Å². The van der Waals surface area contributed by atoms with Crippen molar-refractivity contribution < 1.29 is 4.79 Å². The maximum Gasteiger partial charge on any atom is 0.259 e. The van der Waals surface area contributed by atoms with Gasteiger partial charge in [0.2, 0.25) is 5.95 Å². The first-order valence-electron chi connectivity index (χ1n) is 4.70. The predicted molar refractivity (Wildman–Crippen MR) is 76.8 cm³/mol. The summed E-state index contributed by atoms with van der Waals surface area (Å²) in [6, 6.07) is 7.21. The highest BCUT2D eigenvalue weighted by Gasteiger charge is 2.11. The zero-order chi connectivity index (χ0) is 12.3. The molecular weight excluding hydrogens is 397 g/mol. The van der Waals surface area contributed by atoms with Crippen molar-refractivity contribution in [1.82, 2.24) is 9.97 Å². The van der Waals surface area contributed by atoms with E-state index >= 15 is 0 Å². The van der Waals surface area contributed by atoms with Gasteiger partial charge in [0.15, 0.2) is 0 Å². The van der Waals surface area contributed by atoms with E-state index in [0.29, 0.717) is 11.5 Å². The van der Waals surface area contributed by atoms with Gasteiger partial charge in [-0.05, 0) is 46.9 Å². The van der Waals surface area contributed by atoms with E-state index in [-0.39, 0.29) is 5.91 Å². The first-order valence-corrected chi connectivity index (χ1v) is 6.57. The van der Waals surface area contributed by atoms with Gasteiger partial charge in [-0.1, -0.05) is 15.9 Å². The number of benzene rings is 1. The number of nitrogens with one attached hydrogen (secondary N) is 1. The Balaban J connectivity index is 2.23. The Morgan fingerprint density at radius 3 is 2.71 bits per heavy atom. The van der Waals surface area contributed by atoms with Crippen molar-refractivity contribution in [3.05, 3.63) is 50.3 Å². The number of aromatic nitrogens is 2. The number of halogens is 2. The number of carbonyl (C=O) groups is 1. The zero-order valence-corrected chi connectivity index (χ0v) is 12.3. The number of hydrogen-bond acceptors (Lipinski definition) is 3. The van der Waals surface area contributed by atoms with Gasteiger partial charge >= 0.3 is 0 Å². The van der Waals surface area contributed by atoms with Crippen LogP contribution in [0.15, 0.2) is 41.1 Å². The predicted octanol–water partition coefficient (Wildman–Crippen LogP) is 3.10. The number of hydrogen-bond donors (Lipinski definition) is 1. The number of amides is 1.